The Labute approximate surface area is 146 Å². The summed E-state index contributed by atoms with van der Waals surface area (Å²) in [5.41, 5.74) is 3.49. The quantitative estimate of drug-likeness (QED) is 0.546. The Balaban J connectivity index is 1.96. The van der Waals surface area contributed by atoms with Gasteiger partial charge in [-0.25, -0.2) is 14.8 Å². The Kier molecular flexibility index (Phi) is 4.71. The zero-order chi connectivity index (χ0) is 17.1. The second-order valence-electron chi connectivity index (χ2n) is 5.04. The lowest BCUT2D eigenvalue weighted by Crippen LogP contribution is -2.23. The smallest absolute Gasteiger partial charge is 0.262 e. The minimum absolute atomic E-state index is 0.144. The van der Waals surface area contributed by atoms with Gasteiger partial charge in [0.05, 0.1) is 17.1 Å². The van der Waals surface area contributed by atoms with Crippen LogP contribution in [0.5, 0.6) is 0 Å². The number of aromatic nitrogens is 2. The summed E-state index contributed by atoms with van der Waals surface area (Å²) >= 11 is 3.29. The zero-order valence-electron chi connectivity index (χ0n) is 12.8. The third-order valence-corrected chi connectivity index (χ3v) is 4.00. The molecule has 0 spiro atoms. The summed E-state index contributed by atoms with van der Waals surface area (Å²) in [6.07, 6.45) is 1.35. The van der Waals surface area contributed by atoms with Crippen molar-refractivity contribution in [3.05, 3.63) is 68.7 Å². The monoisotopic (exact) mass is 388 g/mol. The van der Waals surface area contributed by atoms with Gasteiger partial charge in [-0.05, 0) is 37.3 Å². The first kappa shape index (κ1) is 16.3. The van der Waals surface area contributed by atoms with E-state index in [4.69, 9.17) is 0 Å². The molecule has 2 aromatic carbocycles. The van der Waals surface area contributed by atoms with Gasteiger partial charge in [-0.2, -0.15) is 5.10 Å². The minimum atomic E-state index is -0.386. The predicted molar refractivity (Wildman–Crippen MR) is 97.0 cm³/mol. The zero-order valence-corrected chi connectivity index (χ0v) is 14.4. The summed E-state index contributed by atoms with van der Waals surface area (Å²) in [6.45, 7) is 2.29. The van der Waals surface area contributed by atoms with E-state index in [-0.39, 0.29) is 11.4 Å². The highest BCUT2D eigenvalue weighted by atomic mass is 79.9. The predicted octanol–water partition coefficient (Wildman–Crippen LogP) is 3.76. The first-order valence-electron chi connectivity index (χ1n) is 7.34. The minimum Gasteiger partial charge on any atom is -0.277 e. The topological polar surface area (TPSA) is 59.3 Å². The van der Waals surface area contributed by atoms with Crippen molar-refractivity contribution in [3.8, 4) is 0 Å². The molecule has 24 heavy (non-hydrogen) atoms. The lowest BCUT2D eigenvalue weighted by Gasteiger charge is -2.10. The van der Waals surface area contributed by atoms with Crippen molar-refractivity contribution in [2.24, 2.45) is 5.10 Å². The molecule has 0 aliphatic heterocycles. The molecule has 0 saturated carbocycles. The fourth-order valence-corrected chi connectivity index (χ4v) is 2.70. The Hall–Kier alpha value is -2.54. The number of halogens is 2. The SMILES string of the molecule is CCn1c(N/N=C\c2cc(Br)ccc2F)nc2ccccc2c1=O. The lowest BCUT2D eigenvalue weighted by atomic mass is 10.2. The number of benzene rings is 2. The maximum atomic E-state index is 13.7. The van der Waals surface area contributed by atoms with Gasteiger partial charge >= 0.3 is 0 Å². The van der Waals surface area contributed by atoms with Gasteiger partial charge < -0.3 is 0 Å². The number of hydrogen-bond donors (Lipinski definition) is 1. The van der Waals surface area contributed by atoms with Crippen LogP contribution in [0.4, 0.5) is 10.3 Å². The molecule has 0 unspecified atom stereocenters. The van der Waals surface area contributed by atoms with Crippen LogP contribution in [0.2, 0.25) is 0 Å². The van der Waals surface area contributed by atoms with Crippen molar-refractivity contribution in [2.75, 3.05) is 5.43 Å². The molecule has 7 heteroatoms. The van der Waals surface area contributed by atoms with E-state index >= 15 is 0 Å². The van der Waals surface area contributed by atoms with E-state index in [0.29, 0.717) is 29.0 Å². The van der Waals surface area contributed by atoms with Crippen LogP contribution in [0.15, 0.2) is 56.8 Å². The van der Waals surface area contributed by atoms with E-state index in [0.717, 1.165) is 4.47 Å². The van der Waals surface area contributed by atoms with Crippen molar-refractivity contribution < 1.29 is 4.39 Å². The molecule has 1 N–H and O–H groups in total. The number of rotatable bonds is 4. The average molecular weight is 389 g/mol. The van der Waals surface area contributed by atoms with Gasteiger partial charge in [0.1, 0.15) is 5.82 Å². The molecule has 3 aromatic rings. The number of hydrogen-bond acceptors (Lipinski definition) is 4. The Morgan fingerprint density at radius 2 is 2.12 bits per heavy atom. The highest BCUT2D eigenvalue weighted by Gasteiger charge is 2.08. The van der Waals surface area contributed by atoms with E-state index in [1.807, 2.05) is 13.0 Å². The molecule has 0 radical (unpaired) electrons. The number of hydrazone groups is 1. The van der Waals surface area contributed by atoms with Crippen LogP contribution in [0, 0.1) is 5.82 Å². The van der Waals surface area contributed by atoms with Crippen LogP contribution in [-0.2, 0) is 6.54 Å². The lowest BCUT2D eigenvalue weighted by molar-refractivity contribution is 0.625. The molecule has 0 bridgehead atoms. The summed E-state index contributed by atoms with van der Waals surface area (Å²) in [4.78, 5) is 16.9. The number of fused-ring (bicyclic) bond motifs is 1. The van der Waals surface area contributed by atoms with Crippen molar-refractivity contribution >= 4 is 39.0 Å². The van der Waals surface area contributed by atoms with Crippen molar-refractivity contribution in [3.63, 3.8) is 0 Å². The molecule has 0 fully saturated rings. The van der Waals surface area contributed by atoms with Crippen LogP contribution < -0.4 is 11.0 Å². The highest BCUT2D eigenvalue weighted by molar-refractivity contribution is 9.10. The van der Waals surface area contributed by atoms with Crippen LogP contribution in [0.25, 0.3) is 10.9 Å². The Bertz CT molecular complexity index is 984. The van der Waals surface area contributed by atoms with E-state index < -0.39 is 0 Å². The number of nitrogens with one attached hydrogen (secondary N) is 1. The fourth-order valence-electron chi connectivity index (χ4n) is 2.32. The molecule has 0 aliphatic carbocycles. The average Bonchev–Trinajstić information content (AvgIpc) is 2.58. The van der Waals surface area contributed by atoms with E-state index in [1.165, 1.54) is 16.8 Å². The molecule has 122 valence electrons. The largest absolute Gasteiger partial charge is 0.277 e. The van der Waals surface area contributed by atoms with Gasteiger partial charge in [-0.3, -0.25) is 9.36 Å². The Morgan fingerprint density at radius 1 is 1.33 bits per heavy atom. The summed E-state index contributed by atoms with van der Waals surface area (Å²) in [5, 5.41) is 4.56. The second kappa shape index (κ2) is 6.92. The molecule has 1 aromatic heterocycles. The standard InChI is InChI=1S/C17H14BrFN4O/c1-2-23-16(24)13-5-3-4-6-15(13)21-17(23)22-20-10-11-9-12(18)7-8-14(11)19/h3-10H,2H2,1H3,(H,21,22)/b20-10-. The normalized spacial score (nSPS) is 11.3. The summed E-state index contributed by atoms with van der Waals surface area (Å²) in [7, 11) is 0. The van der Waals surface area contributed by atoms with Crippen molar-refractivity contribution in [2.45, 2.75) is 13.5 Å². The third kappa shape index (κ3) is 3.21. The third-order valence-electron chi connectivity index (χ3n) is 3.50. The van der Waals surface area contributed by atoms with Gasteiger partial charge in [-0.15, -0.1) is 0 Å². The van der Waals surface area contributed by atoms with Crippen molar-refractivity contribution in [1.29, 1.82) is 0 Å². The fraction of sp³-hybridized carbons (Fsp3) is 0.118. The van der Waals surface area contributed by atoms with Crippen LogP contribution in [0.1, 0.15) is 12.5 Å². The summed E-state index contributed by atoms with van der Waals surface area (Å²) in [6, 6.07) is 11.7. The first-order chi connectivity index (χ1) is 11.6. The summed E-state index contributed by atoms with van der Waals surface area (Å²) < 4.78 is 15.9. The molecule has 3 rings (SSSR count). The Morgan fingerprint density at radius 3 is 2.92 bits per heavy atom. The van der Waals surface area contributed by atoms with Crippen LogP contribution in [0.3, 0.4) is 0 Å². The van der Waals surface area contributed by atoms with Gasteiger partial charge in [0.2, 0.25) is 5.95 Å². The van der Waals surface area contributed by atoms with Gasteiger partial charge in [0.15, 0.2) is 0 Å². The van der Waals surface area contributed by atoms with Crippen LogP contribution in [-0.4, -0.2) is 15.8 Å². The molecule has 0 saturated heterocycles. The molecular weight excluding hydrogens is 375 g/mol. The maximum absolute atomic E-state index is 13.7. The van der Waals surface area contributed by atoms with Gasteiger partial charge in [-0.1, -0.05) is 28.1 Å². The molecule has 0 amide bonds. The molecule has 5 nitrogen and oxygen atoms in total. The summed E-state index contributed by atoms with van der Waals surface area (Å²) in [5.74, 6) is -0.0732. The second-order valence-corrected chi connectivity index (χ2v) is 5.95. The van der Waals surface area contributed by atoms with Gasteiger partial charge in [0, 0.05) is 16.6 Å². The molecular formula is C17H14BrFN4O. The van der Waals surface area contributed by atoms with Crippen LogP contribution >= 0.6 is 15.9 Å². The molecule has 0 atom stereocenters. The van der Waals surface area contributed by atoms with Gasteiger partial charge in [0.25, 0.3) is 5.56 Å². The maximum Gasteiger partial charge on any atom is 0.262 e. The van der Waals surface area contributed by atoms with Crippen molar-refractivity contribution in [1.82, 2.24) is 9.55 Å². The highest BCUT2D eigenvalue weighted by Crippen LogP contribution is 2.14. The van der Waals surface area contributed by atoms with E-state index in [2.05, 4.69) is 31.4 Å². The molecule has 1 heterocycles. The first-order valence-corrected chi connectivity index (χ1v) is 8.13. The van der Waals surface area contributed by atoms with E-state index in [9.17, 15) is 9.18 Å². The number of nitrogens with zero attached hydrogens (tertiary/aromatic N) is 3. The molecule has 0 aliphatic rings. The van der Waals surface area contributed by atoms with E-state index in [1.54, 1.807) is 30.3 Å². The number of para-hydroxylation sites is 1. The number of anilines is 1.